The van der Waals surface area contributed by atoms with E-state index in [1.165, 1.54) is 25.1 Å². The summed E-state index contributed by atoms with van der Waals surface area (Å²) in [6, 6.07) is 9.15. The largest absolute Gasteiger partial charge is 0.339 e. The summed E-state index contributed by atoms with van der Waals surface area (Å²) in [7, 11) is 0. The van der Waals surface area contributed by atoms with E-state index in [4.69, 9.17) is 0 Å². The number of rotatable bonds is 3. The Morgan fingerprint density at radius 1 is 0.821 bits per heavy atom. The van der Waals surface area contributed by atoms with Crippen LogP contribution < -0.4 is 5.32 Å². The number of hydrogen-bond acceptors (Lipinski definition) is 3. The third-order valence-electron chi connectivity index (χ3n) is 4.58. The van der Waals surface area contributed by atoms with E-state index < -0.39 is 17.5 Å². The van der Waals surface area contributed by atoms with Gasteiger partial charge in [0.15, 0.2) is 11.6 Å². The van der Waals surface area contributed by atoms with Crippen LogP contribution in [0, 0.1) is 11.6 Å². The quantitative estimate of drug-likeness (QED) is 0.880. The number of nitrogens with one attached hydrogen (secondary N) is 1. The van der Waals surface area contributed by atoms with Crippen LogP contribution in [0.5, 0.6) is 0 Å². The fraction of sp³-hybridized carbons (Fsp3) is 0.250. The summed E-state index contributed by atoms with van der Waals surface area (Å²) >= 11 is 0. The van der Waals surface area contributed by atoms with Gasteiger partial charge in [-0.3, -0.25) is 14.4 Å². The summed E-state index contributed by atoms with van der Waals surface area (Å²) in [5, 5.41) is 2.48. The molecule has 0 aromatic heterocycles. The molecule has 2 aromatic carbocycles. The fourth-order valence-electron chi connectivity index (χ4n) is 2.95. The third kappa shape index (κ3) is 4.33. The van der Waals surface area contributed by atoms with Crippen molar-refractivity contribution in [3.05, 3.63) is 65.2 Å². The van der Waals surface area contributed by atoms with Crippen LogP contribution in [0.2, 0.25) is 0 Å². The van der Waals surface area contributed by atoms with Gasteiger partial charge in [-0.05, 0) is 36.4 Å². The van der Waals surface area contributed by atoms with E-state index in [0.717, 1.165) is 12.1 Å². The molecule has 146 valence electrons. The maximum atomic E-state index is 13.2. The first-order valence-electron chi connectivity index (χ1n) is 8.76. The molecule has 3 amide bonds. The van der Waals surface area contributed by atoms with Gasteiger partial charge in [-0.25, -0.2) is 8.78 Å². The molecule has 1 N–H and O–H groups in total. The standard InChI is InChI=1S/C20H19F2N3O3/c1-13(26)24-8-10-25(11-9-24)20(28)15-4-2-14(3-5-15)19(27)23-16-6-7-17(21)18(22)12-16/h2-7,12H,8-11H2,1H3,(H,23,27). The summed E-state index contributed by atoms with van der Waals surface area (Å²) < 4.78 is 26.2. The molecule has 1 aliphatic rings. The average molecular weight is 387 g/mol. The highest BCUT2D eigenvalue weighted by atomic mass is 19.2. The molecule has 0 radical (unpaired) electrons. The van der Waals surface area contributed by atoms with Gasteiger partial charge in [-0.1, -0.05) is 0 Å². The molecule has 0 unspecified atom stereocenters. The molecule has 0 aliphatic carbocycles. The van der Waals surface area contributed by atoms with Crippen LogP contribution in [0.3, 0.4) is 0 Å². The average Bonchev–Trinajstić information content (AvgIpc) is 2.70. The number of carbonyl (C=O) groups excluding carboxylic acids is 3. The van der Waals surface area contributed by atoms with Crippen molar-refractivity contribution in [1.82, 2.24) is 9.80 Å². The number of benzene rings is 2. The van der Waals surface area contributed by atoms with Gasteiger partial charge >= 0.3 is 0 Å². The first-order valence-corrected chi connectivity index (χ1v) is 8.76. The topological polar surface area (TPSA) is 69.7 Å². The highest BCUT2D eigenvalue weighted by Gasteiger charge is 2.23. The molecular weight excluding hydrogens is 368 g/mol. The number of piperazine rings is 1. The Hall–Kier alpha value is -3.29. The lowest BCUT2D eigenvalue weighted by Crippen LogP contribution is -2.50. The monoisotopic (exact) mass is 387 g/mol. The minimum absolute atomic E-state index is 0.0106. The number of carbonyl (C=O) groups is 3. The van der Waals surface area contributed by atoms with Crippen molar-refractivity contribution in [3.63, 3.8) is 0 Å². The Labute approximate surface area is 160 Å². The van der Waals surface area contributed by atoms with Crippen molar-refractivity contribution in [1.29, 1.82) is 0 Å². The Morgan fingerprint density at radius 3 is 1.96 bits per heavy atom. The molecular formula is C20H19F2N3O3. The molecule has 1 heterocycles. The molecule has 3 rings (SSSR count). The van der Waals surface area contributed by atoms with Crippen molar-refractivity contribution in [2.75, 3.05) is 31.5 Å². The Kier molecular flexibility index (Phi) is 5.67. The Morgan fingerprint density at radius 2 is 1.39 bits per heavy atom. The van der Waals surface area contributed by atoms with E-state index in [1.54, 1.807) is 21.9 Å². The second-order valence-electron chi connectivity index (χ2n) is 6.46. The van der Waals surface area contributed by atoms with Gasteiger partial charge in [0.2, 0.25) is 5.91 Å². The van der Waals surface area contributed by atoms with Crippen LogP contribution in [0.1, 0.15) is 27.6 Å². The SMILES string of the molecule is CC(=O)N1CCN(C(=O)c2ccc(C(=O)Nc3ccc(F)c(F)c3)cc2)CC1. The molecule has 0 bridgehead atoms. The van der Waals surface area contributed by atoms with Gasteiger partial charge < -0.3 is 15.1 Å². The van der Waals surface area contributed by atoms with Gasteiger partial charge in [0.1, 0.15) is 0 Å². The lowest BCUT2D eigenvalue weighted by atomic mass is 10.1. The smallest absolute Gasteiger partial charge is 0.255 e. The van der Waals surface area contributed by atoms with Crippen molar-refractivity contribution >= 4 is 23.4 Å². The molecule has 1 aliphatic heterocycles. The molecule has 2 aromatic rings. The molecule has 0 saturated carbocycles. The number of hydrogen-bond donors (Lipinski definition) is 1. The van der Waals surface area contributed by atoms with Gasteiger partial charge in [0.25, 0.3) is 11.8 Å². The van der Waals surface area contributed by atoms with Crippen molar-refractivity contribution in [2.45, 2.75) is 6.92 Å². The molecule has 6 nitrogen and oxygen atoms in total. The van der Waals surface area contributed by atoms with Crippen molar-refractivity contribution in [2.24, 2.45) is 0 Å². The highest BCUT2D eigenvalue weighted by Crippen LogP contribution is 2.15. The maximum absolute atomic E-state index is 13.2. The van der Waals surface area contributed by atoms with E-state index in [1.807, 2.05) is 0 Å². The second kappa shape index (κ2) is 8.16. The van der Waals surface area contributed by atoms with Crippen LogP contribution in [0.4, 0.5) is 14.5 Å². The third-order valence-corrected chi connectivity index (χ3v) is 4.58. The molecule has 1 fully saturated rings. The number of nitrogens with zero attached hydrogens (tertiary/aromatic N) is 2. The second-order valence-corrected chi connectivity index (χ2v) is 6.46. The van der Waals surface area contributed by atoms with Gasteiger partial charge in [-0.15, -0.1) is 0 Å². The lowest BCUT2D eigenvalue weighted by molar-refractivity contribution is -0.130. The Balaban J connectivity index is 1.62. The van der Waals surface area contributed by atoms with Crippen molar-refractivity contribution in [3.8, 4) is 0 Å². The fourth-order valence-corrected chi connectivity index (χ4v) is 2.95. The van der Waals surface area contributed by atoms with Crippen LogP contribution in [0.15, 0.2) is 42.5 Å². The lowest BCUT2D eigenvalue weighted by Gasteiger charge is -2.34. The number of amides is 3. The van der Waals surface area contributed by atoms with Gasteiger partial charge in [0.05, 0.1) is 0 Å². The first kappa shape index (κ1) is 19.5. The van der Waals surface area contributed by atoms with Crippen LogP contribution in [0.25, 0.3) is 0 Å². The molecule has 8 heteroatoms. The van der Waals surface area contributed by atoms with Crippen LogP contribution >= 0.6 is 0 Å². The predicted molar refractivity (Wildman–Crippen MR) is 98.9 cm³/mol. The first-order chi connectivity index (χ1) is 13.3. The minimum atomic E-state index is -1.05. The Bertz CT molecular complexity index is 907. The summed E-state index contributed by atoms with van der Waals surface area (Å²) in [4.78, 5) is 39.5. The highest BCUT2D eigenvalue weighted by molar-refractivity contribution is 6.05. The van der Waals surface area contributed by atoms with E-state index in [0.29, 0.717) is 31.7 Å². The maximum Gasteiger partial charge on any atom is 0.255 e. The van der Waals surface area contributed by atoms with E-state index in [2.05, 4.69) is 5.32 Å². The predicted octanol–water partition coefficient (Wildman–Crippen LogP) is 2.52. The van der Waals surface area contributed by atoms with Crippen LogP contribution in [-0.2, 0) is 4.79 Å². The zero-order valence-electron chi connectivity index (χ0n) is 15.2. The van der Waals surface area contributed by atoms with E-state index in [-0.39, 0.29) is 23.1 Å². The normalized spacial score (nSPS) is 14.0. The van der Waals surface area contributed by atoms with E-state index in [9.17, 15) is 23.2 Å². The van der Waals surface area contributed by atoms with Gasteiger partial charge in [0, 0.05) is 56.0 Å². The minimum Gasteiger partial charge on any atom is -0.339 e. The summed E-state index contributed by atoms with van der Waals surface area (Å²) in [5.41, 5.74) is 0.843. The van der Waals surface area contributed by atoms with Crippen molar-refractivity contribution < 1.29 is 23.2 Å². The zero-order chi connectivity index (χ0) is 20.3. The molecule has 1 saturated heterocycles. The molecule has 0 spiro atoms. The number of halogens is 2. The van der Waals surface area contributed by atoms with Gasteiger partial charge in [-0.2, -0.15) is 0 Å². The summed E-state index contributed by atoms with van der Waals surface area (Å²) in [6.07, 6.45) is 0. The summed E-state index contributed by atoms with van der Waals surface area (Å²) in [5.74, 6) is -2.73. The molecule has 0 atom stereocenters. The molecule has 28 heavy (non-hydrogen) atoms. The van der Waals surface area contributed by atoms with Crippen LogP contribution in [-0.4, -0.2) is 53.7 Å². The van der Waals surface area contributed by atoms with E-state index >= 15 is 0 Å². The zero-order valence-corrected chi connectivity index (χ0v) is 15.2. The summed E-state index contributed by atoms with van der Waals surface area (Å²) in [6.45, 7) is 3.40. The number of anilines is 1.